The van der Waals surface area contributed by atoms with Gasteiger partial charge in [0.25, 0.3) is 0 Å². The van der Waals surface area contributed by atoms with Crippen LogP contribution in [-0.4, -0.2) is 46.8 Å². The molecule has 0 aromatic carbocycles. The predicted octanol–water partition coefficient (Wildman–Crippen LogP) is 2.95. The van der Waals surface area contributed by atoms with Gasteiger partial charge in [0.15, 0.2) is 16.6 Å². The normalized spacial score (nSPS) is 15.6. The van der Waals surface area contributed by atoms with E-state index < -0.39 is 25.4 Å². The fourth-order valence-corrected chi connectivity index (χ4v) is 15.0. The minimum absolute atomic E-state index is 0.164. The Labute approximate surface area is 115 Å². The Morgan fingerprint density at radius 1 is 0.944 bits per heavy atom. The summed E-state index contributed by atoms with van der Waals surface area (Å²) in [6.45, 7) is 14.7. The smallest absolute Gasteiger partial charge is 0.452 e. The fourth-order valence-electron chi connectivity index (χ4n) is 2.01. The van der Waals surface area contributed by atoms with E-state index in [0.29, 0.717) is 0 Å². The highest BCUT2D eigenvalue weighted by molar-refractivity contribution is 6.94. The summed E-state index contributed by atoms with van der Waals surface area (Å²) in [5.74, 6) is 0. The first-order valence-electron chi connectivity index (χ1n) is 6.10. The second-order valence-corrected chi connectivity index (χ2v) is 17.8. The molecular weight excluding hydrogens is 280 g/mol. The molecule has 0 bridgehead atoms. The summed E-state index contributed by atoms with van der Waals surface area (Å²) in [5, 5.41) is 0.164. The number of rotatable bonds is 8. The zero-order valence-electron chi connectivity index (χ0n) is 13.0. The van der Waals surface area contributed by atoms with E-state index in [-0.39, 0.29) is 5.16 Å². The largest absolute Gasteiger partial charge is 0.502 e. The van der Waals surface area contributed by atoms with E-state index in [0.717, 1.165) is 0 Å². The molecule has 0 saturated carbocycles. The Hall–Kier alpha value is 0.231. The first-order valence-corrected chi connectivity index (χ1v) is 13.9. The Balaban J connectivity index is 5.15. The van der Waals surface area contributed by atoms with Crippen LogP contribution in [0.5, 0.6) is 0 Å². The van der Waals surface area contributed by atoms with E-state index in [1.54, 1.807) is 21.3 Å². The molecule has 0 saturated heterocycles. The van der Waals surface area contributed by atoms with Gasteiger partial charge < -0.3 is 17.4 Å². The lowest BCUT2D eigenvalue weighted by molar-refractivity contribution is 0.119. The third-order valence-corrected chi connectivity index (χ3v) is 16.6. The summed E-state index contributed by atoms with van der Waals surface area (Å²) in [6, 6.07) is 0. The van der Waals surface area contributed by atoms with E-state index >= 15 is 0 Å². The van der Waals surface area contributed by atoms with Crippen LogP contribution >= 0.6 is 0 Å². The van der Waals surface area contributed by atoms with Crippen molar-refractivity contribution in [1.29, 1.82) is 0 Å². The van der Waals surface area contributed by atoms with Crippen LogP contribution in [-0.2, 0) is 17.4 Å². The average molecular weight is 309 g/mol. The molecule has 0 heterocycles. The van der Waals surface area contributed by atoms with Crippen LogP contribution in [0.15, 0.2) is 12.3 Å². The fraction of sp³-hybridized carbons (Fsp3) is 0.818. The Kier molecular flexibility index (Phi) is 6.68. The summed E-state index contributed by atoms with van der Waals surface area (Å²) >= 11 is 0. The summed E-state index contributed by atoms with van der Waals surface area (Å²) in [6.07, 6.45) is 0. The van der Waals surface area contributed by atoms with Gasteiger partial charge in [-0.15, -0.1) is 6.58 Å². The molecular formula is C11H28O4Si3. The van der Waals surface area contributed by atoms with Gasteiger partial charge in [-0.3, -0.25) is 0 Å². The first-order chi connectivity index (χ1) is 8.10. The van der Waals surface area contributed by atoms with Crippen molar-refractivity contribution in [2.75, 3.05) is 21.3 Å². The van der Waals surface area contributed by atoms with Gasteiger partial charge in [-0.1, -0.05) is 12.6 Å². The molecule has 1 atom stereocenters. The molecule has 4 nitrogen and oxygen atoms in total. The second kappa shape index (κ2) is 6.60. The number of hydrogen-bond acceptors (Lipinski definition) is 4. The molecule has 0 amide bonds. The molecule has 0 spiro atoms. The Morgan fingerprint density at radius 3 is 1.61 bits per heavy atom. The van der Waals surface area contributed by atoms with Crippen molar-refractivity contribution in [3.63, 3.8) is 0 Å². The van der Waals surface area contributed by atoms with Crippen molar-refractivity contribution in [3.8, 4) is 0 Å². The first kappa shape index (κ1) is 18.2. The highest BCUT2D eigenvalue weighted by atomic mass is 28.5. The Bertz CT molecular complexity index is 269. The van der Waals surface area contributed by atoms with Gasteiger partial charge in [-0.05, 0) is 26.2 Å². The van der Waals surface area contributed by atoms with Gasteiger partial charge in [0.05, 0.1) is 0 Å². The van der Waals surface area contributed by atoms with E-state index in [4.69, 9.17) is 17.4 Å². The summed E-state index contributed by atoms with van der Waals surface area (Å²) in [5.41, 5.74) is 1.96. The van der Waals surface area contributed by atoms with Gasteiger partial charge in [0.2, 0.25) is 0 Å². The molecule has 0 aliphatic carbocycles. The van der Waals surface area contributed by atoms with Crippen molar-refractivity contribution >= 4 is 25.4 Å². The molecule has 0 radical (unpaired) electrons. The van der Waals surface area contributed by atoms with Crippen LogP contribution in [0.3, 0.4) is 0 Å². The molecule has 0 aromatic heterocycles. The molecule has 7 heteroatoms. The maximum absolute atomic E-state index is 6.40. The molecule has 108 valence electrons. The van der Waals surface area contributed by atoms with Crippen LogP contribution in [0.1, 0.15) is 6.92 Å². The van der Waals surface area contributed by atoms with E-state index in [1.807, 2.05) is 5.70 Å². The topological polar surface area (TPSA) is 36.9 Å². The van der Waals surface area contributed by atoms with Crippen molar-refractivity contribution in [2.24, 2.45) is 0 Å². The third-order valence-electron chi connectivity index (χ3n) is 3.44. The molecule has 0 aromatic rings. The molecule has 0 aliphatic heterocycles. The molecule has 0 fully saturated rings. The minimum Gasteiger partial charge on any atom is -0.452 e. The SMILES string of the molecule is C=C[Si](C)(C)O[Si](C)(C)C(C)[Si](OC)(OC)OC. The summed E-state index contributed by atoms with van der Waals surface area (Å²) < 4.78 is 23.1. The summed E-state index contributed by atoms with van der Waals surface area (Å²) in [7, 11) is -1.49. The van der Waals surface area contributed by atoms with Crippen molar-refractivity contribution in [1.82, 2.24) is 0 Å². The maximum Gasteiger partial charge on any atom is 0.502 e. The van der Waals surface area contributed by atoms with Crippen LogP contribution in [0.4, 0.5) is 0 Å². The van der Waals surface area contributed by atoms with Gasteiger partial charge in [0, 0.05) is 26.5 Å². The molecule has 0 rings (SSSR count). The zero-order chi connectivity index (χ0) is 14.6. The van der Waals surface area contributed by atoms with Crippen molar-refractivity contribution in [3.05, 3.63) is 12.3 Å². The van der Waals surface area contributed by atoms with Gasteiger partial charge >= 0.3 is 8.80 Å². The highest BCUT2D eigenvalue weighted by Crippen LogP contribution is 2.35. The molecule has 0 aliphatic rings. The molecule has 1 unspecified atom stereocenters. The predicted molar refractivity (Wildman–Crippen MR) is 82.5 cm³/mol. The van der Waals surface area contributed by atoms with Gasteiger partial charge in [0.1, 0.15) is 0 Å². The quantitative estimate of drug-likeness (QED) is 0.646. The minimum atomic E-state index is -2.64. The lowest BCUT2D eigenvalue weighted by Crippen LogP contribution is -2.59. The Morgan fingerprint density at radius 2 is 1.33 bits per heavy atom. The summed E-state index contributed by atoms with van der Waals surface area (Å²) in [4.78, 5) is 0. The third kappa shape index (κ3) is 4.12. The van der Waals surface area contributed by atoms with Crippen LogP contribution < -0.4 is 0 Å². The van der Waals surface area contributed by atoms with Crippen LogP contribution in [0, 0.1) is 0 Å². The second-order valence-electron chi connectivity index (χ2n) is 5.45. The van der Waals surface area contributed by atoms with Crippen molar-refractivity contribution < 1.29 is 17.4 Å². The molecule has 0 N–H and O–H groups in total. The van der Waals surface area contributed by atoms with Crippen LogP contribution in [0.25, 0.3) is 0 Å². The molecule has 18 heavy (non-hydrogen) atoms. The number of hydrogen-bond donors (Lipinski definition) is 0. The maximum atomic E-state index is 6.40. The lowest BCUT2D eigenvalue weighted by atomic mass is 10.9. The standard InChI is InChI=1S/C11H28O4Si3/c1-10-16(6,7)15-17(8,9)11(2)18(12-3,13-4)14-5/h10-11H,1H2,2-9H3. The van der Waals surface area contributed by atoms with E-state index in [9.17, 15) is 0 Å². The van der Waals surface area contributed by atoms with Crippen molar-refractivity contribution in [2.45, 2.75) is 38.3 Å². The van der Waals surface area contributed by atoms with Gasteiger partial charge in [-0.2, -0.15) is 0 Å². The highest BCUT2D eigenvalue weighted by Gasteiger charge is 2.54. The zero-order valence-corrected chi connectivity index (χ0v) is 16.0. The van der Waals surface area contributed by atoms with E-state index in [1.165, 1.54) is 0 Å². The van der Waals surface area contributed by atoms with Gasteiger partial charge in [-0.25, -0.2) is 0 Å². The monoisotopic (exact) mass is 308 g/mol. The van der Waals surface area contributed by atoms with E-state index in [2.05, 4.69) is 39.7 Å². The van der Waals surface area contributed by atoms with Crippen LogP contribution in [0.2, 0.25) is 31.4 Å². The lowest BCUT2D eigenvalue weighted by Gasteiger charge is -2.41. The average Bonchev–Trinajstić information content (AvgIpc) is 2.30.